The van der Waals surface area contributed by atoms with Crippen molar-refractivity contribution in [2.45, 2.75) is 18.2 Å². The van der Waals surface area contributed by atoms with Crippen LogP contribution in [0.25, 0.3) is 11.4 Å². The lowest BCUT2D eigenvalue weighted by Crippen LogP contribution is -2.42. The molecule has 1 aliphatic rings. The molecule has 0 aliphatic carbocycles. The smallest absolute Gasteiger partial charge is 0.191 e. The van der Waals surface area contributed by atoms with Crippen molar-refractivity contribution in [3.8, 4) is 11.4 Å². The zero-order chi connectivity index (χ0) is 16.2. The number of aromatic nitrogens is 3. The van der Waals surface area contributed by atoms with Crippen molar-refractivity contribution in [2.24, 2.45) is 7.05 Å². The molecule has 0 radical (unpaired) electrons. The first-order chi connectivity index (χ1) is 11.1. The van der Waals surface area contributed by atoms with Crippen molar-refractivity contribution in [3.05, 3.63) is 30.1 Å². The van der Waals surface area contributed by atoms with E-state index in [0.29, 0.717) is 6.10 Å². The summed E-state index contributed by atoms with van der Waals surface area (Å²) in [6.07, 6.45) is 0.314. The zero-order valence-corrected chi connectivity index (χ0v) is 14.2. The molecule has 3 rings (SSSR count). The number of morpholine rings is 1. The molecule has 1 fully saturated rings. The topological polar surface area (TPSA) is 43.2 Å². The van der Waals surface area contributed by atoms with Gasteiger partial charge in [0, 0.05) is 38.0 Å². The number of rotatable bonds is 5. The van der Waals surface area contributed by atoms with Gasteiger partial charge in [-0.25, -0.2) is 4.39 Å². The molecule has 2 heterocycles. The van der Waals surface area contributed by atoms with Crippen LogP contribution in [0.4, 0.5) is 4.39 Å². The number of hydrogen-bond acceptors (Lipinski definition) is 5. The van der Waals surface area contributed by atoms with E-state index in [1.54, 1.807) is 23.9 Å². The first-order valence-corrected chi connectivity index (χ1v) is 8.74. The minimum absolute atomic E-state index is 0.245. The monoisotopic (exact) mass is 336 g/mol. The van der Waals surface area contributed by atoms with E-state index in [1.165, 1.54) is 12.1 Å². The third kappa shape index (κ3) is 4.10. The highest BCUT2D eigenvalue weighted by Crippen LogP contribution is 2.23. The number of ether oxygens (including phenoxy) is 1. The van der Waals surface area contributed by atoms with Gasteiger partial charge in [0.2, 0.25) is 0 Å². The zero-order valence-electron chi connectivity index (χ0n) is 13.4. The Kier molecular flexibility index (Phi) is 5.30. The van der Waals surface area contributed by atoms with Gasteiger partial charge in [0.15, 0.2) is 11.0 Å². The Labute approximate surface area is 139 Å². The summed E-state index contributed by atoms with van der Waals surface area (Å²) in [6.45, 7) is 5.91. The minimum atomic E-state index is -0.245. The van der Waals surface area contributed by atoms with Gasteiger partial charge in [0.05, 0.1) is 12.7 Å². The molecule has 1 aromatic carbocycles. The van der Waals surface area contributed by atoms with Crippen molar-refractivity contribution in [2.75, 3.05) is 32.0 Å². The lowest BCUT2D eigenvalue weighted by Gasteiger charge is -2.30. The average molecular weight is 336 g/mol. The van der Waals surface area contributed by atoms with E-state index in [-0.39, 0.29) is 5.82 Å². The lowest BCUT2D eigenvalue weighted by atomic mass is 10.2. The second-order valence-electron chi connectivity index (χ2n) is 5.70. The molecule has 1 aliphatic heterocycles. The Morgan fingerprint density at radius 2 is 2.09 bits per heavy atom. The molecular weight excluding hydrogens is 315 g/mol. The fourth-order valence-electron chi connectivity index (χ4n) is 2.65. The van der Waals surface area contributed by atoms with E-state index in [0.717, 1.165) is 48.5 Å². The standard InChI is InChI=1S/C16H21FN4OS/c1-12-11-21(7-9-22-12)8-10-23-16-19-18-15(20(16)2)13-3-5-14(17)6-4-13/h3-6,12H,7-11H2,1-2H3. The summed E-state index contributed by atoms with van der Waals surface area (Å²) in [4.78, 5) is 2.42. The molecule has 1 saturated heterocycles. The van der Waals surface area contributed by atoms with Gasteiger partial charge < -0.3 is 9.30 Å². The maximum atomic E-state index is 13.0. The molecule has 7 heteroatoms. The second kappa shape index (κ2) is 7.42. The molecule has 23 heavy (non-hydrogen) atoms. The maximum Gasteiger partial charge on any atom is 0.191 e. The molecule has 2 aromatic rings. The highest BCUT2D eigenvalue weighted by molar-refractivity contribution is 7.99. The van der Waals surface area contributed by atoms with E-state index in [1.807, 2.05) is 11.6 Å². The van der Waals surface area contributed by atoms with Crippen molar-refractivity contribution < 1.29 is 9.13 Å². The lowest BCUT2D eigenvalue weighted by molar-refractivity contribution is -0.0158. The van der Waals surface area contributed by atoms with Crippen LogP contribution in [-0.4, -0.2) is 57.8 Å². The predicted molar refractivity (Wildman–Crippen MR) is 89.0 cm³/mol. The number of nitrogens with zero attached hydrogens (tertiary/aromatic N) is 4. The molecule has 5 nitrogen and oxygen atoms in total. The summed E-state index contributed by atoms with van der Waals surface area (Å²) in [5.74, 6) is 1.47. The summed E-state index contributed by atoms with van der Waals surface area (Å²) in [5.41, 5.74) is 0.871. The summed E-state index contributed by atoms with van der Waals surface area (Å²) in [7, 11) is 1.94. The fraction of sp³-hybridized carbons (Fsp3) is 0.500. The van der Waals surface area contributed by atoms with Gasteiger partial charge in [-0.2, -0.15) is 0 Å². The Morgan fingerprint density at radius 1 is 1.30 bits per heavy atom. The molecule has 0 amide bonds. The third-order valence-electron chi connectivity index (χ3n) is 3.90. The van der Waals surface area contributed by atoms with Crippen molar-refractivity contribution >= 4 is 11.8 Å². The van der Waals surface area contributed by atoms with Crippen molar-refractivity contribution in [3.63, 3.8) is 0 Å². The molecule has 0 saturated carbocycles. The largest absolute Gasteiger partial charge is 0.376 e. The first kappa shape index (κ1) is 16.4. The highest BCUT2D eigenvalue weighted by Gasteiger charge is 2.17. The molecule has 1 unspecified atom stereocenters. The second-order valence-corrected chi connectivity index (χ2v) is 6.76. The van der Waals surface area contributed by atoms with Crippen LogP contribution in [0, 0.1) is 5.82 Å². The quantitative estimate of drug-likeness (QED) is 0.785. The van der Waals surface area contributed by atoms with E-state index < -0.39 is 0 Å². The van der Waals surface area contributed by atoms with Gasteiger partial charge in [-0.05, 0) is 31.2 Å². The van der Waals surface area contributed by atoms with Crippen LogP contribution in [0.3, 0.4) is 0 Å². The van der Waals surface area contributed by atoms with Crippen LogP contribution in [0.2, 0.25) is 0 Å². The minimum Gasteiger partial charge on any atom is -0.376 e. The number of halogens is 1. The molecule has 124 valence electrons. The Morgan fingerprint density at radius 3 is 2.83 bits per heavy atom. The number of hydrogen-bond donors (Lipinski definition) is 0. The van der Waals surface area contributed by atoms with Gasteiger partial charge in [-0.1, -0.05) is 11.8 Å². The normalized spacial score (nSPS) is 19.2. The molecule has 1 aromatic heterocycles. The highest BCUT2D eigenvalue weighted by atomic mass is 32.2. The summed E-state index contributed by atoms with van der Waals surface area (Å²) < 4.78 is 20.5. The van der Waals surface area contributed by atoms with Crippen LogP contribution < -0.4 is 0 Å². The van der Waals surface area contributed by atoms with Crippen molar-refractivity contribution in [1.82, 2.24) is 19.7 Å². The molecule has 0 N–H and O–H groups in total. The van der Waals surface area contributed by atoms with Gasteiger partial charge in [-0.15, -0.1) is 10.2 Å². The summed E-state index contributed by atoms with van der Waals surface area (Å²) >= 11 is 1.69. The summed E-state index contributed by atoms with van der Waals surface area (Å²) in [6, 6.07) is 6.33. The van der Waals surface area contributed by atoms with E-state index in [9.17, 15) is 4.39 Å². The Balaban J connectivity index is 1.58. The van der Waals surface area contributed by atoms with E-state index >= 15 is 0 Å². The maximum absolute atomic E-state index is 13.0. The van der Waals surface area contributed by atoms with Crippen LogP contribution in [0.15, 0.2) is 29.4 Å². The van der Waals surface area contributed by atoms with E-state index in [4.69, 9.17) is 4.74 Å². The average Bonchev–Trinajstić information content (AvgIpc) is 2.90. The Bertz CT molecular complexity index is 646. The number of thioether (sulfide) groups is 1. The molecule has 1 atom stereocenters. The van der Waals surface area contributed by atoms with Gasteiger partial charge in [0.25, 0.3) is 0 Å². The molecular formula is C16H21FN4OS. The van der Waals surface area contributed by atoms with Crippen LogP contribution in [0.1, 0.15) is 6.92 Å². The summed E-state index contributed by atoms with van der Waals surface area (Å²) in [5, 5.41) is 9.36. The SMILES string of the molecule is CC1CN(CCSc2nnc(-c3ccc(F)cc3)n2C)CCO1. The van der Waals surface area contributed by atoms with Crippen LogP contribution in [-0.2, 0) is 11.8 Å². The molecule has 0 spiro atoms. The van der Waals surface area contributed by atoms with Crippen LogP contribution >= 0.6 is 11.8 Å². The molecule has 0 bridgehead atoms. The van der Waals surface area contributed by atoms with Gasteiger partial charge in [0.1, 0.15) is 5.82 Å². The van der Waals surface area contributed by atoms with Crippen molar-refractivity contribution in [1.29, 1.82) is 0 Å². The third-order valence-corrected chi connectivity index (χ3v) is 4.90. The number of benzene rings is 1. The fourth-order valence-corrected chi connectivity index (χ4v) is 3.56. The van der Waals surface area contributed by atoms with E-state index in [2.05, 4.69) is 22.0 Å². The Hall–Kier alpha value is -1.44. The van der Waals surface area contributed by atoms with Gasteiger partial charge >= 0.3 is 0 Å². The first-order valence-electron chi connectivity index (χ1n) is 7.75. The predicted octanol–water partition coefficient (Wildman–Crippen LogP) is 2.43. The van der Waals surface area contributed by atoms with Crippen LogP contribution in [0.5, 0.6) is 0 Å². The van der Waals surface area contributed by atoms with Gasteiger partial charge in [-0.3, -0.25) is 4.90 Å².